The number of benzene rings is 2. The molecule has 0 fully saturated rings. The molecule has 2 heteroatoms. The highest BCUT2D eigenvalue weighted by molar-refractivity contribution is 6.37. The van der Waals surface area contributed by atoms with Crippen LogP contribution in [-0.4, -0.2) is 0 Å². The van der Waals surface area contributed by atoms with E-state index >= 15 is 0 Å². The van der Waals surface area contributed by atoms with Crippen LogP contribution in [0.1, 0.15) is 22.3 Å². The van der Waals surface area contributed by atoms with Gasteiger partial charge in [-0.25, -0.2) is 0 Å². The van der Waals surface area contributed by atoms with E-state index in [4.69, 9.17) is 17.3 Å². The lowest BCUT2D eigenvalue weighted by molar-refractivity contribution is 1.34. The molecule has 0 radical (unpaired) electrons. The van der Waals surface area contributed by atoms with E-state index in [0.717, 1.165) is 32.6 Å². The summed E-state index contributed by atoms with van der Waals surface area (Å²) in [5.41, 5.74) is 11.6. The Labute approximate surface area is 101 Å². The Balaban J connectivity index is 3.09. The molecular formula is C14H16ClN. The van der Waals surface area contributed by atoms with Gasteiger partial charge in [-0.15, -0.1) is 0 Å². The van der Waals surface area contributed by atoms with Crippen LogP contribution in [0.15, 0.2) is 12.1 Å². The van der Waals surface area contributed by atoms with Gasteiger partial charge < -0.3 is 5.73 Å². The van der Waals surface area contributed by atoms with Gasteiger partial charge in [0, 0.05) is 16.5 Å². The van der Waals surface area contributed by atoms with Gasteiger partial charge in [0.05, 0.1) is 5.02 Å². The van der Waals surface area contributed by atoms with E-state index in [1.54, 1.807) is 0 Å². The number of halogens is 1. The standard InChI is InChI=1S/C14H16ClN/c1-7-5-6-11-12(8(7)2)13(15)9(3)10(4)14(11)16/h5-6H,16H2,1-4H3. The lowest BCUT2D eigenvalue weighted by atomic mass is 9.95. The van der Waals surface area contributed by atoms with E-state index in [1.807, 2.05) is 13.8 Å². The van der Waals surface area contributed by atoms with E-state index in [0.29, 0.717) is 0 Å². The Hall–Kier alpha value is -1.21. The average Bonchev–Trinajstić information content (AvgIpc) is 2.27. The molecule has 16 heavy (non-hydrogen) atoms. The fraction of sp³-hybridized carbons (Fsp3) is 0.286. The lowest BCUT2D eigenvalue weighted by Crippen LogP contribution is -1.97. The average molecular weight is 234 g/mol. The molecule has 2 N–H and O–H groups in total. The molecule has 0 atom stereocenters. The number of aryl methyl sites for hydroxylation is 2. The highest BCUT2D eigenvalue weighted by Crippen LogP contribution is 2.37. The molecule has 2 aromatic rings. The maximum atomic E-state index is 6.42. The smallest absolute Gasteiger partial charge is 0.0520 e. The van der Waals surface area contributed by atoms with Gasteiger partial charge in [-0.3, -0.25) is 0 Å². The first-order valence-electron chi connectivity index (χ1n) is 5.39. The predicted molar refractivity (Wildman–Crippen MR) is 72.3 cm³/mol. The Kier molecular flexibility index (Phi) is 2.59. The Bertz CT molecular complexity index is 585. The van der Waals surface area contributed by atoms with Crippen LogP contribution in [-0.2, 0) is 0 Å². The van der Waals surface area contributed by atoms with Crippen LogP contribution < -0.4 is 5.73 Å². The molecular weight excluding hydrogens is 218 g/mol. The number of hydrogen-bond donors (Lipinski definition) is 1. The van der Waals surface area contributed by atoms with Crippen LogP contribution in [0.5, 0.6) is 0 Å². The summed E-state index contributed by atoms with van der Waals surface area (Å²) in [5.74, 6) is 0. The Morgan fingerprint density at radius 3 is 2.19 bits per heavy atom. The number of nitrogens with two attached hydrogens (primary N) is 1. The van der Waals surface area contributed by atoms with Crippen LogP contribution in [0, 0.1) is 27.7 Å². The van der Waals surface area contributed by atoms with Gasteiger partial charge in [-0.2, -0.15) is 0 Å². The lowest BCUT2D eigenvalue weighted by Gasteiger charge is -2.15. The molecule has 0 amide bonds. The van der Waals surface area contributed by atoms with E-state index in [-0.39, 0.29) is 0 Å². The molecule has 2 aromatic carbocycles. The minimum atomic E-state index is 0.836. The third kappa shape index (κ3) is 1.39. The summed E-state index contributed by atoms with van der Waals surface area (Å²) in [4.78, 5) is 0. The maximum absolute atomic E-state index is 6.42. The van der Waals surface area contributed by atoms with Crippen molar-refractivity contribution in [2.75, 3.05) is 5.73 Å². The second-order valence-electron chi connectivity index (χ2n) is 4.41. The van der Waals surface area contributed by atoms with Crippen LogP contribution in [0.4, 0.5) is 5.69 Å². The van der Waals surface area contributed by atoms with Crippen molar-refractivity contribution >= 4 is 28.1 Å². The molecule has 0 aliphatic carbocycles. The molecule has 0 heterocycles. The van der Waals surface area contributed by atoms with Gasteiger partial charge >= 0.3 is 0 Å². The molecule has 0 spiro atoms. The first-order chi connectivity index (χ1) is 7.45. The van der Waals surface area contributed by atoms with Crippen molar-refractivity contribution in [1.29, 1.82) is 0 Å². The largest absolute Gasteiger partial charge is 0.398 e. The molecule has 2 rings (SSSR count). The van der Waals surface area contributed by atoms with Gasteiger partial charge in [-0.1, -0.05) is 23.7 Å². The first-order valence-corrected chi connectivity index (χ1v) is 5.77. The third-order valence-electron chi connectivity index (χ3n) is 3.54. The van der Waals surface area contributed by atoms with Crippen molar-refractivity contribution in [2.45, 2.75) is 27.7 Å². The quantitative estimate of drug-likeness (QED) is 0.675. The monoisotopic (exact) mass is 233 g/mol. The number of hydrogen-bond acceptors (Lipinski definition) is 1. The van der Waals surface area contributed by atoms with Gasteiger partial charge in [0.2, 0.25) is 0 Å². The second kappa shape index (κ2) is 3.67. The predicted octanol–water partition coefficient (Wildman–Crippen LogP) is 4.31. The number of fused-ring (bicyclic) bond motifs is 1. The maximum Gasteiger partial charge on any atom is 0.0520 e. The number of nitrogen functional groups attached to an aromatic ring is 1. The van der Waals surface area contributed by atoms with Crippen LogP contribution in [0.2, 0.25) is 5.02 Å². The van der Waals surface area contributed by atoms with E-state index in [2.05, 4.69) is 26.0 Å². The van der Waals surface area contributed by atoms with Crippen molar-refractivity contribution in [1.82, 2.24) is 0 Å². The minimum absolute atomic E-state index is 0.836. The van der Waals surface area contributed by atoms with Crippen molar-refractivity contribution in [3.05, 3.63) is 39.4 Å². The van der Waals surface area contributed by atoms with Gasteiger partial charge in [0.25, 0.3) is 0 Å². The van der Waals surface area contributed by atoms with Crippen LogP contribution >= 0.6 is 11.6 Å². The molecule has 0 bridgehead atoms. The summed E-state index contributed by atoms with van der Waals surface area (Å²) in [6.07, 6.45) is 0. The molecule has 0 aliphatic rings. The molecule has 0 saturated heterocycles. The fourth-order valence-electron chi connectivity index (χ4n) is 2.08. The zero-order chi connectivity index (χ0) is 12.0. The van der Waals surface area contributed by atoms with Crippen LogP contribution in [0.25, 0.3) is 10.8 Å². The zero-order valence-corrected chi connectivity index (χ0v) is 10.9. The summed E-state index contributed by atoms with van der Waals surface area (Å²) < 4.78 is 0. The van der Waals surface area contributed by atoms with Crippen molar-refractivity contribution < 1.29 is 0 Å². The number of rotatable bonds is 0. The zero-order valence-electron chi connectivity index (χ0n) is 10.1. The normalized spacial score (nSPS) is 11.1. The molecule has 84 valence electrons. The summed E-state index contributed by atoms with van der Waals surface area (Å²) in [6.45, 7) is 8.23. The Morgan fingerprint density at radius 1 is 0.938 bits per heavy atom. The SMILES string of the molecule is Cc1ccc2c(N)c(C)c(C)c(Cl)c2c1C. The Morgan fingerprint density at radius 2 is 1.56 bits per heavy atom. The highest BCUT2D eigenvalue weighted by atomic mass is 35.5. The van der Waals surface area contributed by atoms with E-state index < -0.39 is 0 Å². The minimum Gasteiger partial charge on any atom is -0.398 e. The summed E-state index contributed by atoms with van der Waals surface area (Å²) in [6, 6.07) is 4.16. The molecule has 0 aromatic heterocycles. The van der Waals surface area contributed by atoms with Crippen LogP contribution in [0.3, 0.4) is 0 Å². The topological polar surface area (TPSA) is 26.0 Å². The van der Waals surface area contributed by atoms with Crippen molar-refractivity contribution in [3.8, 4) is 0 Å². The highest BCUT2D eigenvalue weighted by Gasteiger charge is 2.13. The van der Waals surface area contributed by atoms with E-state index in [1.165, 1.54) is 11.1 Å². The molecule has 0 aliphatic heterocycles. The summed E-state index contributed by atoms with van der Waals surface area (Å²) in [5, 5.41) is 3.00. The van der Waals surface area contributed by atoms with Crippen molar-refractivity contribution in [3.63, 3.8) is 0 Å². The van der Waals surface area contributed by atoms with Gasteiger partial charge in [-0.05, 0) is 49.9 Å². The number of anilines is 1. The summed E-state index contributed by atoms with van der Waals surface area (Å²) in [7, 11) is 0. The van der Waals surface area contributed by atoms with E-state index in [9.17, 15) is 0 Å². The molecule has 0 saturated carbocycles. The second-order valence-corrected chi connectivity index (χ2v) is 4.79. The summed E-state index contributed by atoms with van der Waals surface area (Å²) >= 11 is 6.42. The molecule has 1 nitrogen and oxygen atoms in total. The molecule has 0 unspecified atom stereocenters. The van der Waals surface area contributed by atoms with Crippen molar-refractivity contribution in [2.24, 2.45) is 0 Å². The van der Waals surface area contributed by atoms with Gasteiger partial charge in [0.15, 0.2) is 0 Å². The first kappa shape index (κ1) is 11.3. The third-order valence-corrected chi connectivity index (χ3v) is 4.01. The van der Waals surface area contributed by atoms with Gasteiger partial charge in [0.1, 0.15) is 0 Å². The fourth-order valence-corrected chi connectivity index (χ4v) is 2.46.